The minimum absolute atomic E-state index is 0.0391. The summed E-state index contributed by atoms with van der Waals surface area (Å²) in [4.78, 5) is 18.5. The van der Waals surface area contributed by atoms with Crippen LogP contribution in [0.2, 0.25) is 0 Å². The zero-order valence-electron chi connectivity index (χ0n) is 31.7. The second kappa shape index (κ2) is 13.6. The molecule has 268 valence electrons. The SMILES string of the molecule is COc1ccc(-c2c3nc(c(-c4ccc(C)cc4)c4nc(c(-c5ccc(C(C)(C)C)cc5)c5ccc([nH]5)c(-c5ccccc5)c5ccc2[nH]5)C=C4)C=C3)cc1. The number of H-pyrrole nitrogens is 2. The Morgan fingerprint density at radius 1 is 0.436 bits per heavy atom. The van der Waals surface area contributed by atoms with Gasteiger partial charge in [-0.05, 0) is 101 Å². The van der Waals surface area contributed by atoms with Crippen LogP contribution in [0.15, 0.2) is 127 Å². The van der Waals surface area contributed by atoms with Crippen molar-refractivity contribution in [2.45, 2.75) is 33.1 Å². The van der Waals surface area contributed by atoms with Gasteiger partial charge in [-0.25, -0.2) is 9.97 Å². The topological polar surface area (TPSA) is 66.6 Å². The smallest absolute Gasteiger partial charge is 0.118 e. The summed E-state index contributed by atoms with van der Waals surface area (Å²) in [5.74, 6) is 0.803. The van der Waals surface area contributed by atoms with E-state index in [9.17, 15) is 0 Å². The number of benzene rings is 4. The summed E-state index contributed by atoms with van der Waals surface area (Å²) in [6.45, 7) is 8.86. The number of aromatic amines is 2. The van der Waals surface area contributed by atoms with Crippen molar-refractivity contribution in [1.82, 2.24) is 19.9 Å². The summed E-state index contributed by atoms with van der Waals surface area (Å²) in [6, 6.07) is 45.1. The van der Waals surface area contributed by atoms with Crippen LogP contribution in [0, 0.1) is 6.92 Å². The average Bonchev–Trinajstić information content (AvgIpc) is 4.04. The molecule has 4 aromatic carbocycles. The van der Waals surface area contributed by atoms with E-state index >= 15 is 0 Å². The van der Waals surface area contributed by atoms with Crippen molar-refractivity contribution in [2.24, 2.45) is 0 Å². The summed E-state index contributed by atoms with van der Waals surface area (Å²) in [5, 5.41) is 0. The molecule has 3 aromatic heterocycles. The Hall–Kier alpha value is -6.72. The molecule has 5 heteroatoms. The zero-order chi connectivity index (χ0) is 37.7. The van der Waals surface area contributed by atoms with Crippen LogP contribution in [0.4, 0.5) is 0 Å². The second-order valence-electron chi connectivity index (χ2n) is 15.3. The number of hydrogen-bond acceptors (Lipinski definition) is 3. The number of hydrogen-bond donors (Lipinski definition) is 2. The first-order valence-corrected chi connectivity index (χ1v) is 18.8. The monoisotopic (exact) mass is 714 g/mol. The van der Waals surface area contributed by atoms with Gasteiger partial charge in [0.25, 0.3) is 0 Å². The number of ether oxygens (including phenoxy) is 1. The van der Waals surface area contributed by atoms with Crippen molar-refractivity contribution in [1.29, 1.82) is 0 Å². The van der Waals surface area contributed by atoms with Crippen LogP contribution in [-0.4, -0.2) is 27.0 Å². The molecule has 2 aliphatic heterocycles. The van der Waals surface area contributed by atoms with Crippen LogP contribution in [0.25, 0.3) is 90.9 Å². The molecule has 0 amide bonds. The fourth-order valence-corrected chi connectivity index (χ4v) is 7.64. The molecule has 0 fully saturated rings. The molecule has 9 rings (SSSR count). The molecule has 5 heterocycles. The van der Waals surface area contributed by atoms with E-state index in [4.69, 9.17) is 14.7 Å². The lowest BCUT2D eigenvalue weighted by atomic mass is 9.86. The summed E-state index contributed by atoms with van der Waals surface area (Å²) < 4.78 is 5.54. The van der Waals surface area contributed by atoms with Crippen LogP contribution in [-0.2, 0) is 5.41 Å². The zero-order valence-corrected chi connectivity index (χ0v) is 31.7. The van der Waals surface area contributed by atoms with Gasteiger partial charge >= 0.3 is 0 Å². The normalized spacial score (nSPS) is 12.3. The third-order valence-electron chi connectivity index (χ3n) is 10.6. The third-order valence-corrected chi connectivity index (χ3v) is 10.6. The van der Waals surface area contributed by atoms with E-state index < -0.39 is 0 Å². The van der Waals surface area contributed by atoms with E-state index in [0.717, 1.165) is 95.1 Å². The van der Waals surface area contributed by atoms with Crippen LogP contribution in [0.3, 0.4) is 0 Å². The molecule has 0 saturated carbocycles. The Balaban J connectivity index is 1.44. The third kappa shape index (κ3) is 6.38. The molecule has 0 atom stereocenters. The maximum Gasteiger partial charge on any atom is 0.118 e. The lowest BCUT2D eigenvalue weighted by molar-refractivity contribution is 0.415. The molecule has 2 aliphatic rings. The number of rotatable bonds is 5. The molecule has 7 aromatic rings. The molecular formula is C50H42N4O. The van der Waals surface area contributed by atoms with Crippen molar-refractivity contribution in [3.8, 4) is 50.3 Å². The molecule has 0 radical (unpaired) electrons. The quantitative estimate of drug-likeness (QED) is 0.186. The van der Waals surface area contributed by atoms with Gasteiger partial charge in [0.1, 0.15) is 5.75 Å². The van der Waals surface area contributed by atoms with Gasteiger partial charge in [0.2, 0.25) is 0 Å². The van der Waals surface area contributed by atoms with E-state index in [1.54, 1.807) is 7.11 Å². The standard InChI is InChI=1S/C50H42N4O/c1-31-11-13-33(14-12-31)47-40-27-29-43(53-40)48(34-15-19-36(20-16-34)50(2,3)4)42-25-23-38(51-42)46(32-9-7-6-8-10-32)39-24-26-44(52-39)49(45-30-28-41(47)54-45)35-17-21-37(55-5)22-18-35/h6-30,51-52H,1-5H3. The maximum atomic E-state index is 5.54. The minimum Gasteiger partial charge on any atom is -0.497 e. The fraction of sp³-hybridized carbons (Fsp3) is 0.120. The average molecular weight is 715 g/mol. The first-order valence-electron chi connectivity index (χ1n) is 18.8. The highest BCUT2D eigenvalue weighted by molar-refractivity contribution is 6.00. The number of aryl methyl sites for hydroxylation is 1. The summed E-state index contributed by atoms with van der Waals surface area (Å²) in [6.07, 6.45) is 8.53. The van der Waals surface area contributed by atoms with E-state index in [1.165, 1.54) is 11.1 Å². The highest BCUT2D eigenvalue weighted by atomic mass is 16.5. The highest BCUT2D eigenvalue weighted by Gasteiger charge is 2.20. The van der Waals surface area contributed by atoms with Crippen molar-refractivity contribution in [3.63, 3.8) is 0 Å². The minimum atomic E-state index is 0.0391. The Bertz CT molecular complexity index is 2790. The van der Waals surface area contributed by atoms with Gasteiger partial charge in [0, 0.05) is 44.3 Å². The largest absolute Gasteiger partial charge is 0.497 e. The maximum absolute atomic E-state index is 5.54. The molecule has 0 unspecified atom stereocenters. The van der Waals surface area contributed by atoms with E-state index in [2.05, 4.69) is 177 Å². The number of nitrogens with zero attached hydrogens (tertiary/aromatic N) is 2. The van der Waals surface area contributed by atoms with Gasteiger partial charge in [-0.1, -0.05) is 117 Å². The molecule has 55 heavy (non-hydrogen) atoms. The fourth-order valence-electron chi connectivity index (χ4n) is 7.64. The number of aromatic nitrogens is 4. The van der Waals surface area contributed by atoms with Gasteiger partial charge in [0.05, 0.1) is 29.9 Å². The molecular weight excluding hydrogens is 673 g/mol. The van der Waals surface area contributed by atoms with E-state index in [-0.39, 0.29) is 5.41 Å². The van der Waals surface area contributed by atoms with Crippen LogP contribution in [0.1, 0.15) is 54.7 Å². The highest BCUT2D eigenvalue weighted by Crippen LogP contribution is 2.39. The Labute approximate surface area is 321 Å². The Morgan fingerprint density at radius 2 is 0.836 bits per heavy atom. The predicted octanol–water partition coefficient (Wildman–Crippen LogP) is 12.9. The Kier molecular flexibility index (Phi) is 8.43. The molecule has 8 bridgehead atoms. The predicted molar refractivity (Wildman–Crippen MR) is 231 cm³/mol. The van der Waals surface area contributed by atoms with Crippen molar-refractivity contribution in [3.05, 3.63) is 161 Å². The lowest BCUT2D eigenvalue weighted by Crippen LogP contribution is -2.10. The van der Waals surface area contributed by atoms with Crippen LogP contribution < -0.4 is 4.74 Å². The lowest BCUT2D eigenvalue weighted by Gasteiger charge is -2.19. The second-order valence-corrected chi connectivity index (χ2v) is 15.3. The molecule has 0 saturated heterocycles. The van der Waals surface area contributed by atoms with Gasteiger partial charge in [-0.3, -0.25) is 0 Å². The van der Waals surface area contributed by atoms with Gasteiger partial charge in [0.15, 0.2) is 0 Å². The van der Waals surface area contributed by atoms with Crippen molar-refractivity contribution >= 4 is 46.4 Å². The summed E-state index contributed by atoms with van der Waals surface area (Å²) in [5.41, 5.74) is 18.4. The van der Waals surface area contributed by atoms with E-state index in [1.807, 2.05) is 12.1 Å². The van der Waals surface area contributed by atoms with Crippen molar-refractivity contribution in [2.75, 3.05) is 7.11 Å². The van der Waals surface area contributed by atoms with Gasteiger partial charge in [-0.15, -0.1) is 0 Å². The summed E-state index contributed by atoms with van der Waals surface area (Å²) >= 11 is 0. The number of fused-ring (bicyclic) bond motifs is 8. The summed E-state index contributed by atoms with van der Waals surface area (Å²) in [7, 11) is 1.69. The Morgan fingerprint density at radius 3 is 1.31 bits per heavy atom. The van der Waals surface area contributed by atoms with Crippen LogP contribution in [0.5, 0.6) is 5.75 Å². The number of nitrogens with one attached hydrogen (secondary N) is 2. The first-order chi connectivity index (χ1) is 26.7. The molecule has 2 N–H and O–H groups in total. The van der Waals surface area contributed by atoms with Crippen molar-refractivity contribution < 1.29 is 4.74 Å². The van der Waals surface area contributed by atoms with Gasteiger partial charge in [-0.2, -0.15) is 0 Å². The van der Waals surface area contributed by atoms with Crippen LogP contribution >= 0.6 is 0 Å². The molecule has 5 nitrogen and oxygen atoms in total. The molecule has 0 aliphatic carbocycles. The van der Waals surface area contributed by atoms with Gasteiger partial charge < -0.3 is 14.7 Å². The van der Waals surface area contributed by atoms with E-state index in [0.29, 0.717) is 0 Å². The molecule has 0 spiro atoms. The first kappa shape index (κ1) is 34.1. The number of methoxy groups -OCH3 is 1.